The second-order valence-electron chi connectivity index (χ2n) is 15.2. The largest absolute Gasteiger partial charge is 0.496 e. The van der Waals surface area contributed by atoms with Crippen molar-refractivity contribution in [2.75, 3.05) is 40.6 Å². The van der Waals surface area contributed by atoms with Crippen LogP contribution in [0.25, 0.3) is 22.3 Å². The Morgan fingerprint density at radius 2 is 1.06 bits per heavy atom. The summed E-state index contributed by atoms with van der Waals surface area (Å²) in [7, 11) is 3.24. The van der Waals surface area contributed by atoms with Crippen LogP contribution in [-0.4, -0.2) is 40.6 Å². The predicted octanol–water partition coefficient (Wildman–Crippen LogP) is 10.0. The van der Waals surface area contributed by atoms with E-state index in [1.54, 1.807) is 14.2 Å². The lowest BCUT2D eigenvalue weighted by Gasteiger charge is -2.39. The Hall–Kier alpha value is -4.34. The predicted molar refractivity (Wildman–Crippen MR) is 202 cm³/mol. The first-order valence-electron chi connectivity index (χ1n) is 17.9. The Morgan fingerprint density at radius 3 is 1.60 bits per heavy atom. The van der Waals surface area contributed by atoms with E-state index in [0.717, 1.165) is 50.1 Å². The molecule has 0 radical (unpaired) electrons. The van der Waals surface area contributed by atoms with E-state index in [0.29, 0.717) is 32.2 Å². The highest BCUT2D eigenvalue weighted by molar-refractivity contribution is 5.78. The van der Waals surface area contributed by atoms with Crippen LogP contribution in [0.5, 0.6) is 5.75 Å². The molecule has 2 aliphatic heterocycles. The van der Waals surface area contributed by atoms with Gasteiger partial charge in [0.15, 0.2) is 18.2 Å². The van der Waals surface area contributed by atoms with Crippen molar-refractivity contribution in [3.05, 3.63) is 149 Å². The summed E-state index contributed by atoms with van der Waals surface area (Å²) in [6.45, 7) is 10.8. The summed E-state index contributed by atoms with van der Waals surface area (Å²) >= 11 is 0. The maximum Gasteiger partial charge on any atom is 0.187 e. The monoisotopic (exact) mass is 700 g/mol. The van der Waals surface area contributed by atoms with E-state index in [9.17, 15) is 0 Å². The third-order valence-electron chi connectivity index (χ3n) is 9.76. The number of hydrogen-bond acceptors (Lipinski definition) is 7. The summed E-state index contributed by atoms with van der Waals surface area (Å²) in [6, 6.07) is 41.3. The summed E-state index contributed by atoms with van der Waals surface area (Å²) in [5.41, 5.74) is 6.47. The Labute approximate surface area is 307 Å². The average Bonchev–Trinajstić information content (AvgIpc) is 3.17. The fraction of sp³-hybridized carbons (Fsp3) is 0.333. The van der Waals surface area contributed by atoms with Crippen LogP contribution in [0.2, 0.25) is 0 Å². The molecule has 1 atom stereocenters. The van der Waals surface area contributed by atoms with Crippen molar-refractivity contribution in [2.45, 2.75) is 45.9 Å². The van der Waals surface area contributed by atoms with Gasteiger partial charge in [0.25, 0.3) is 0 Å². The van der Waals surface area contributed by atoms with Crippen molar-refractivity contribution in [2.24, 2.45) is 10.8 Å². The third-order valence-corrected chi connectivity index (χ3v) is 9.76. The molecule has 0 aliphatic carbocycles. The Morgan fingerprint density at radius 1 is 0.558 bits per heavy atom. The Kier molecular flexibility index (Phi) is 10.4. The molecule has 0 aromatic heterocycles. The molecule has 0 amide bonds. The maximum atomic E-state index is 6.83. The lowest BCUT2D eigenvalue weighted by molar-refractivity contribution is -0.326. The Balaban J connectivity index is 1.56. The van der Waals surface area contributed by atoms with Crippen LogP contribution in [0.4, 0.5) is 0 Å². The van der Waals surface area contributed by atoms with E-state index in [4.69, 9.17) is 33.5 Å². The third kappa shape index (κ3) is 7.18. The van der Waals surface area contributed by atoms with Crippen LogP contribution in [0, 0.1) is 10.8 Å². The minimum Gasteiger partial charge on any atom is -0.496 e. The molecule has 1 unspecified atom stereocenters. The van der Waals surface area contributed by atoms with Crippen molar-refractivity contribution >= 4 is 0 Å². The lowest BCUT2D eigenvalue weighted by Crippen LogP contribution is -2.36. The fourth-order valence-electron chi connectivity index (χ4n) is 7.12. The highest BCUT2D eigenvalue weighted by Gasteiger charge is 2.45. The van der Waals surface area contributed by atoms with E-state index < -0.39 is 18.2 Å². The normalized spacial score (nSPS) is 18.8. The van der Waals surface area contributed by atoms with Gasteiger partial charge in [0, 0.05) is 27.5 Å². The number of ether oxygens (including phenoxy) is 5. The van der Waals surface area contributed by atoms with Crippen LogP contribution in [-0.2, 0) is 34.3 Å². The zero-order valence-corrected chi connectivity index (χ0v) is 30.9. The van der Waals surface area contributed by atoms with Gasteiger partial charge in [0.2, 0.25) is 0 Å². The van der Waals surface area contributed by atoms with Gasteiger partial charge in [-0.25, -0.2) is 9.78 Å². The highest BCUT2D eigenvalue weighted by atomic mass is 17.2. The van der Waals surface area contributed by atoms with Gasteiger partial charge in [0.05, 0.1) is 46.2 Å². The van der Waals surface area contributed by atoms with Crippen LogP contribution in [0.3, 0.4) is 0 Å². The molecule has 7 heteroatoms. The molecule has 270 valence electrons. The topological polar surface area (TPSA) is 64.6 Å². The minimum absolute atomic E-state index is 0.0845. The zero-order chi connectivity index (χ0) is 36.3. The molecule has 2 fully saturated rings. The molecule has 0 spiro atoms. The fourth-order valence-corrected chi connectivity index (χ4v) is 7.12. The van der Waals surface area contributed by atoms with E-state index in [1.807, 2.05) is 54.6 Å². The molecule has 0 N–H and O–H groups in total. The molecule has 7 nitrogen and oxygen atoms in total. The lowest BCUT2D eigenvalue weighted by atomic mass is 9.73. The van der Waals surface area contributed by atoms with Crippen molar-refractivity contribution in [1.29, 1.82) is 0 Å². The van der Waals surface area contributed by atoms with Crippen LogP contribution in [0.15, 0.2) is 121 Å². The SMILES string of the molecule is COOC(c1ccccc1)(c1cc(C2OCC(C)(C)CO2)ccc1-c1ccccc1)c1cc(C2OCC(C)(C)CO2)c(OC)cc1-c1ccccc1. The van der Waals surface area contributed by atoms with Crippen molar-refractivity contribution in [3.8, 4) is 28.0 Å². The summed E-state index contributed by atoms with van der Waals surface area (Å²) in [5.74, 6) is 0.648. The second kappa shape index (κ2) is 15.0. The number of methoxy groups -OCH3 is 1. The molecule has 0 saturated carbocycles. The van der Waals surface area contributed by atoms with Gasteiger partial charge in [-0.3, -0.25) is 0 Å². The number of hydrogen-bond donors (Lipinski definition) is 0. The Bertz CT molecular complexity index is 1940. The van der Waals surface area contributed by atoms with Gasteiger partial charge in [-0.1, -0.05) is 131 Å². The minimum atomic E-state index is -1.34. The van der Waals surface area contributed by atoms with E-state index >= 15 is 0 Å². The van der Waals surface area contributed by atoms with E-state index in [-0.39, 0.29) is 10.8 Å². The van der Waals surface area contributed by atoms with Gasteiger partial charge >= 0.3 is 0 Å². The van der Waals surface area contributed by atoms with Gasteiger partial charge in [-0.15, -0.1) is 0 Å². The standard InChI is InChI=1S/C45H48O7/c1-43(2)27-48-41(49-28-43)33-22-23-35(31-16-10-7-11-17-31)38(24-33)45(52-47-6,34-20-14-9-15-21-34)39-25-37(42-50-29-44(3,4)30-51-42)40(46-5)26-36(39)32-18-12-8-13-19-32/h7-26,41-42H,27-30H2,1-6H3. The first kappa shape index (κ1) is 36.0. The zero-order valence-electron chi connectivity index (χ0n) is 30.9. The van der Waals surface area contributed by atoms with Crippen LogP contribution >= 0.6 is 0 Å². The molecule has 2 saturated heterocycles. The molecule has 7 rings (SSSR count). The molecule has 2 aliphatic rings. The van der Waals surface area contributed by atoms with Gasteiger partial charge < -0.3 is 23.7 Å². The molecule has 5 aromatic carbocycles. The summed E-state index contributed by atoms with van der Waals surface area (Å²) in [5, 5.41) is 0. The number of rotatable bonds is 10. The van der Waals surface area contributed by atoms with Crippen molar-refractivity contribution < 1.29 is 33.5 Å². The second-order valence-corrected chi connectivity index (χ2v) is 15.2. The van der Waals surface area contributed by atoms with Crippen LogP contribution in [0.1, 0.15) is 68.1 Å². The molecule has 52 heavy (non-hydrogen) atoms. The summed E-state index contributed by atoms with van der Waals surface area (Å²) in [6.07, 6.45) is -1.21. The smallest absolute Gasteiger partial charge is 0.187 e. The first-order valence-corrected chi connectivity index (χ1v) is 17.9. The maximum absolute atomic E-state index is 6.83. The van der Waals surface area contributed by atoms with Crippen molar-refractivity contribution in [3.63, 3.8) is 0 Å². The quantitative estimate of drug-likeness (QED) is 0.0816. The molecular formula is C45H48O7. The van der Waals surface area contributed by atoms with Gasteiger partial charge in [-0.2, -0.15) is 0 Å². The van der Waals surface area contributed by atoms with Crippen molar-refractivity contribution in [1.82, 2.24) is 0 Å². The molecule has 2 heterocycles. The average molecular weight is 701 g/mol. The van der Waals surface area contributed by atoms with E-state index in [2.05, 4.69) is 94.4 Å². The van der Waals surface area contributed by atoms with Crippen LogP contribution < -0.4 is 4.74 Å². The van der Waals surface area contributed by atoms with Gasteiger partial charge in [-0.05, 0) is 46.0 Å². The summed E-state index contributed by atoms with van der Waals surface area (Å²) < 4.78 is 31.6. The highest BCUT2D eigenvalue weighted by Crippen LogP contribution is 2.51. The summed E-state index contributed by atoms with van der Waals surface area (Å²) in [4.78, 5) is 12.7. The first-order chi connectivity index (χ1) is 25.1. The number of benzene rings is 5. The van der Waals surface area contributed by atoms with E-state index in [1.165, 1.54) is 0 Å². The molecular weight excluding hydrogens is 652 g/mol. The molecule has 0 bridgehead atoms. The van der Waals surface area contributed by atoms with Gasteiger partial charge in [0.1, 0.15) is 5.75 Å². The molecule has 5 aromatic rings.